The molecule has 146 valence electrons. The number of hydrogen-bond donors (Lipinski definition) is 1. The molecule has 0 atom stereocenters. The third kappa shape index (κ3) is 4.27. The SMILES string of the molecule is COc1ccc(NC(=O)c2cc(-c3ccco3)on2)cc1OCc1cccnc1. The number of rotatable bonds is 7. The first-order valence-corrected chi connectivity index (χ1v) is 8.74. The Labute approximate surface area is 166 Å². The molecule has 0 aliphatic carbocycles. The van der Waals surface area contributed by atoms with E-state index in [2.05, 4.69) is 15.5 Å². The van der Waals surface area contributed by atoms with Gasteiger partial charge >= 0.3 is 0 Å². The Balaban J connectivity index is 1.47. The quantitative estimate of drug-likeness (QED) is 0.505. The Morgan fingerprint density at radius 3 is 2.79 bits per heavy atom. The molecule has 1 N–H and O–H groups in total. The predicted octanol–water partition coefficient (Wildman–Crippen LogP) is 4.17. The summed E-state index contributed by atoms with van der Waals surface area (Å²) >= 11 is 0. The maximum absolute atomic E-state index is 12.5. The summed E-state index contributed by atoms with van der Waals surface area (Å²) < 4.78 is 21.6. The molecular weight excluding hydrogens is 374 g/mol. The van der Waals surface area contributed by atoms with Crippen molar-refractivity contribution in [1.29, 1.82) is 0 Å². The number of nitrogens with zero attached hydrogens (tertiary/aromatic N) is 2. The minimum absolute atomic E-state index is 0.130. The van der Waals surface area contributed by atoms with Gasteiger partial charge in [-0.15, -0.1) is 0 Å². The van der Waals surface area contributed by atoms with E-state index in [1.54, 1.807) is 49.8 Å². The van der Waals surface area contributed by atoms with E-state index in [0.29, 0.717) is 35.3 Å². The van der Waals surface area contributed by atoms with Gasteiger partial charge in [0.2, 0.25) is 5.76 Å². The van der Waals surface area contributed by atoms with Gasteiger partial charge in [0.25, 0.3) is 5.91 Å². The van der Waals surface area contributed by atoms with Gasteiger partial charge in [0.15, 0.2) is 23.0 Å². The minimum atomic E-state index is -0.421. The zero-order valence-electron chi connectivity index (χ0n) is 15.5. The van der Waals surface area contributed by atoms with Gasteiger partial charge in [-0.3, -0.25) is 9.78 Å². The number of aromatic nitrogens is 2. The van der Waals surface area contributed by atoms with Gasteiger partial charge in [0.1, 0.15) is 6.61 Å². The highest BCUT2D eigenvalue weighted by Crippen LogP contribution is 2.31. The number of carbonyl (C=O) groups is 1. The Hall–Kier alpha value is -4.07. The molecule has 4 rings (SSSR count). The van der Waals surface area contributed by atoms with E-state index in [0.717, 1.165) is 5.56 Å². The van der Waals surface area contributed by atoms with Gasteiger partial charge in [-0.05, 0) is 30.3 Å². The third-order valence-corrected chi connectivity index (χ3v) is 4.05. The molecule has 0 aliphatic rings. The molecule has 0 unspecified atom stereocenters. The molecule has 0 radical (unpaired) electrons. The van der Waals surface area contributed by atoms with Gasteiger partial charge in [-0.1, -0.05) is 11.2 Å². The second-order valence-corrected chi connectivity index (χ2v) is 6.02. The van der Waals surface area contributed by atoms with Crippen molar-refractivity contribution in [2.75, 3.05) is 12.4 Å². The lowest BCUT2D eigenvalue weighted by Gasteiger charge is -2.12. The first-order chi connectivity index (χ1) is 14.2. The number of hydrogen-bond acceptors (Lipinski definition) is 7. The smallest absolute Gasteiger partial charge is 0.277 e. The van der Waals surface area contributed by atoms with Gasteiger partial charge in [-0.2, -0.15) is 0 Å². The van der Waals surface area contributed by atoms with E-state index in [4.69, 9.17) is 18.4 Å². The molecule has 0 bridgehead atoms. The van der Waals surface area contributed by atoms with Crippen LogP contribution in [0.1, 0.15) is 16.1 Å². The van der Waals surface area contributed by atoms with Crippen LogP contribution in [-0.2, 0) is 6.61 Å². The maximum atomic E-state index is 12.5. The van der Waals surface area contributed by atoms with Crippen LogP contribution in [0.3, 0.4) is 0 Å². The van der Waals surface area contributed by atoms with E-state index in [9.17, 15) is 4.79 Å². The average molecular weight is 391 g/mol. The first kappa shape index (κ1) is 18.3. The summed E-state index contributed by atoms with van der Waals surface area (Å²) in [6, 6.07) is 13.8. The standard InChI is InChI=1S/C21H17N3O5/c1-26-17-7-6-15(10-19(17)28-13-14-4-2-8-22-12-14)23-21(25)16-11-20(29-24-16)18-5-3-9-27-18/h2-12H,13H2,1H3,(H,23,25). The van der Waals surface area contributed by atoms with Crippen LogP contribution in [0.25, 0.3) is 11.5 Å². The second kappa shape index (κ2) is 8.30. The van der Waals surface area contributed by atoms with Crippen LogP contribution in [0, 0.1) is 0 Å². The molecule has 3 heterocycles. The van der Waals surface area contributed by atoms with Crippen molar-refractivity contribution in [3.63, 3.8) is 0 Å². The summed E-state index contributed by atoms with van der Waals surface area (Å²) in [4.78, 5) is 16.6. The Morgan fingerprint density at radius 2 is 2.03 bits per heavy atom. The molecule has 8 nitrogen and oxygen atoms in total. The number of benzene rings is 1. The normalized spacial score (nSPS) is 10.5. The summed E-state index contributed by atoms with van der Waals surface area (Å²) in [5.41, 5.74) is 1.57. The number of anilines is 1. The fourth-order valence-corrected chi connectivity index (χ4v) is 2.62. The summed E-state index contributed by atoms with van der Waals surface area (Å²) in [6.45, 7) is 0.317. The summed E-state index contributed by atoms with van der Waals surface area (Å²) in [5, 5.41) is 6.56. The Kier molecular flexibility index (Phi) is 5.24. The molecule has 29 heavy (non-hydrogen) atoms. The van der Waals surface area contributed by atoms with Crippen molar-refractivity contribution < 1.29 is 23.2 Å². The number of carbonyl (C=O) groups excluding carboxylic acids is 1. The lowest BCUT2D eigenvalue weighted by molar-refractivity contribution is 0.101. The average Bonchev–Trinajstić information content (AvgIpc) is 3.45. The van der Waals surface area contributed by atoms with Crippen LogP contribution in [0.2, 0.25) is 0 Å². The number of pyridine rings is 1. The van der Waals surface area contributed by atoms with E-state index < -0.39 is 5.91 Å². The summed E-state index contributed by atoms with van der Waals surface area (Å²) in [6.07, 6.45) is 4.93. The molecule has 0 spiro atoms. The highest BCUT2D eigenvalue weighted by atomic mass is 16.5. The van der Waals surface area contributed by atoms with Gasteiger partial charge in [0.05, 0.1) is 13.4 Å². The molecule has 0 saturated carbocycles. The van der Waals surface area contributed by atoms with E-state index in [1.165, 1.54) is 12.3 Å². The predicted molar refractivity (Wildman–Crippen MR) is 104 cm³/mol. The molecular formula is C21H17N3O5. The number of nitrogens with one attached hydrogen (secondary N) is 1. The number of furan rings is 1. The van der Waals surface area contributed by atoms with Gasteiger partial charge < -0.3 is 23.7 Å². The Morgan fingerprint density at radius 1 is 1.10 bits per heavy atom. The minimum Gasteiger partial charge on any atom is -0.493 e. The van der Waals surface area contributed by atoms with Gasteiger partial charge in [-0.25, -0.2) is 0 Å². The fraction of sp³-hybridized carbons (Fsp3) is 0.0952. The van der Waals surface area contributed by atoms with Crippen molar-refractivity contribution in [3.05, 3.63) is 78.4 Å². The van der Waals surface area contributed by atoms with Crippen LogP contribution in [0.15, 0.2) is 76.1 Å². The third-order valence-electron chi connectivity index (χ3n) is 4.05. The zero-order valence-corrected chi connectivity index (χ0v) is 15.5. The topological polar surface area (TPSA) is 99.6 Å². The van der Waals surface area contributed by atoms with E-state index >= 15 is 0 Å². The first-order valence-electron chi connectivity index (χ1n) is 8.74. The number of amides is 1. The lowest BCUT2D eigenvalue weighted by Crippen LogP contribution is -2.12. The van der Waals surface area contributed by atoms with Crippen LogP contribution < -0.4 is 14.8 Å². The molecule has 4 aromatic rings. The molecule has 1 amide bonds. The summed E-state index contributed by atoms with van der Waals surface area (Å²) in [5.74, 6) is 1.48. The zero-order chi connectivity index (χ0) is 20.1. The fourth-order valence-electron chi connectivity index (χ4n) is 2.62. The molecule has 0 fully saturated rings. The van der Waals surface area contributed by atoms with Crippen LogP contribution >= 0.6 is 0 Å². The highest BCUT2D eigenvalue weighted by molar-refractivity contribution is 6.03. The maximum Gasteiger partial charge on any atom is 0.277 e. The van der Waals surface area contributed by atoms with Crippen LogP contribution in [-0.4, -0.2) is 23.2 Å². The Bertz CT molecular complexity index is 1090. The van der Waals surface area contributed by atoms with E-state index in [1.807, 2.05) is 12.1 Å². The largest absolute Gasteiger partial charge is 0.493 e. The highest BCUT2D eigenvalue weighted by Gasteiger charge is 2.16. The van der Waals surface area contributed by atoms with Crippen LogP contribution in [0.5, 0.6) is 11.5 Å². The second-order valence-electron chi connectivity index (χ2n) is 6.02. The lowest BCUT2D eigenvalue weighted by atomic mass is 10.2. The van der Waals surface area contributed by atoms with Crippen molar-refractivity contribution in [1.82, 2.24) is 10.1 Å². The van der Waals surface area contributed by atoms with Gasteiger partial charge in [0, 0.05) is 35.8 Å². The van der Waals surface area contributed by atoms with Crippen molar-refractivity contribution in [2.45, 2.75) is 6.61 Å². The summed E-state index contributed by atoms with van der Waals surface area (Å²) in [7, 11) is 1.55. The molecule has 0 saturated heterocycles. The number of ether oxygens (including phenoxy) is 2. The molecule has 0 aliphatic heterocycles. The van der Waals surface area contributed by atoms with Crippen LogP contribution in [0.4, 0.5) is 5.69 Å². The number of methoxy groups -OCH3 is 1. The molecule has 8 heteroatoms. The van der Waals surface area contributed by atoms with Crippen molar-refractivity contribution in [2.24, 2.45) is 0 Å². The van der Waals surface area contributed by atoms with Crippen molar-refractivity contribution >= 4 is 11.6 Å². The van der Waals surface area contributed by atoms with Crippen molar-refractivity contribution in [3.8, 4) is 23.0 Å². The van der Waals surface area contributed by atoms with E-state index in [-0.39, 0.29) is 5.69 Å². The molecule has 1 aromatic carbocycles. The monoisotopic (exact) mass is 391 g/mol. The molecule has 3 aromatic heterocycles.